The zero-order chi connectivity index (χ0) is 27.2. The number of anilines is 1. The highest BCUT2D eigenvalue weighted by molar-refractivity contribution is 7.88. The number of H-pyrrole nitrogens is 1. The van der Waals surface area contributed by atoms with Crippen LogP contribution in [0.15, 0.2) is 34.3 Å². The highest BCUT2D eigenvalue weighted by atomic mass is 32.2. The molecule has 2 saturated heterocycles. The zero-order valence-corrected chi connectivity index (χ0v) is 22.2. The molecule has 0 unspecified atom stereocenters. The number of rotatable bonds is 7. The molecule has 2 aromatic heterocycles. The van der Waals surface area contributed by atoms with Crippen molar-refractivity contribution >= 4 is 27.0 Å². The number of aromatic nitrogens is 4. The van der Waals surface area contributed by atoms with E-state index in [4.69, 9.17) is 9.72 Å². The van der Waals surface area contributed by atoms with Crippen LogP contribution in [0.5, 0.6) is 0 Å². The van der Waals surface area contributed by atoms with E-state index in [1.165, 1.54) is 10.6 Å². The number of morpholine rings is 1. The van der Waals surface area contributed by atoms with Gasteiger partial charge in [-0.15, -0.1) is 0 Å². The third-order valence-corrected chi connectivity index (χ3v) is 8.67. The lowest BCUT2D eigenvalue weighted by Gasteiger charge is -2.33. The molecule has 3 aliphatic heterocycles. The second-order valence-electron chi connectivity index (χ2n) is 9.87. The maximum atomic E-state index is 15.0. The van der Waals surface area contributed by atoms with Crippen molar-refractivity contribution in [3.63, 3.8) is 0 Å². The van der Waals surface area contributed by atoms with Gasteiger partial charge in [0.1, 0.15) is 5.69 Å². The van der Waals surface area contributed by atoms with Crippen LogP contribution in [0.4, 0.5) is 14.7 Å². The average molecular weight is 562 g/mol. The minimum absolute atomic E-state index is 0.0193. The highest BCUT2D eigenvalue weighted by Gasteiger charge is 2.47. The fraction of sp³-hybridized carbons (Fsp3) is 0.542. The van der Waals surface area contributed by atoms with Crippen molar-refractivity contribution in [2.45, 2.75) is 18.5 Å². The van der Waals surface area contributed by atoms with Crippen LogP contribution in [-0.2, 0) is 26.8 Å². The summed E-state index contributed by atoms with van der Waals surface area (Å²) in [6.45, 7) is 4.56. The Balaban J connectivity index is 1.39. The van der Waals surface area contributed by atoms with Crippen molar-refractivity contribution in [1.29, 1.82) is 0 Å². The smallest absolute Gasteiger partial charge is 0.289 e. The van der Waals surface area contributed by atoms with Gasteiger partial charge >= 0.3 is 0 Å². The molecular weight excluding hydrogens is 532 g/mol. The van der Waals surface area contributed by atoms with Crippen LogP contribution in [0.3, 0.4) is 0 Å². The third-order valence-electron chi connectivity index (χ3n) is 7.37. The number of nitrogens with zero attached hydrogens (tertiary/aromatic N) is 8. The van der Waals surface area contributed by atoms with E-state index in [0.29, 0.717) is 87.2 Å². The van der Waals surface area contributed by atoms with E-state index in [-0.39, 0.29) is 17.3 Å². The summed E-state index contributed by atoms with van der Waals surface area (Å²) in [4.78, 5) is 22.2. The van der Waals surface area contributed by atoms with E-state index >= 15 is 8.78 Å². The highest BCUT2D eigenvalue weighted by Crippen LogP contribution is 2.39. The maximum Gasteiger partial charge on any atom is 0.289 e. The molecule has 0 atom stereocenters. The molecule has 0 aliphatic carbocycles. The SMILES string of the molecule is CS(=O)(=O)N1CCN(CCc2[nH]nc3nc(N4CCOCC4)nc(C4(C(F)F)N=c5ccccc5=N4)c23)CC1. The first-order chi connectivity index (χ1) is 18.7. The number of halogens is 2. The molecule has 6 rings (SSSR count). The van der Waals surface area contributed by atoms with Gasteiger partial charge < -0.3 is 14.5 Å². The third kappa shape index (κ3) is 4.88. The molecule has 2 fully saturated rings. The summed E-state index contributed by atoms with van der Waals surface area (Å²) in [5, 5.41) is 8.54. The summed E-state index contributed by atoms with van der Waals surface area (Å²) in [7, 11) is -3.23. The van der Waals surface area contributed by atoms with Crippen molar-refractivity contribution in [3.8, 4) is 0 Å². The van der Waals surface area contributed by atoms with Crippen molar-refractivity contribution in [1.82, 2.24) is 29.4 Å². The van der Waals surface area contributed by atoms with Gasteiger partial charge in [0.25, 0.3) is 12.1 Å². The van der Waals surface area contributed by atoms with E-state index in [0.717, 1.165) is 0 Å². The van der Waals surface area contributed by atoms with Gasteiger partial charge in [0, 0.05) is 57.9 Å². The number of fused-ring (bicyclic) bond motifs is 2. The number of alkyl halides is 2. The minimum atomic E-state index is -3.23. The van der Waals surface area contributed by atoms with Crippen molar-refractivity contribution in [2.75, 3.05) is 70.2 Å². The predicted molar refractivity (Wildman–Crippen MR) is 138 cm³/mol. The number of hydrogen-bond donors (Lipinski definition) is 1. The van der Waals surface area contributed by atoms with E-state index < -0.39 is 22.1 Å². The van der Waals surface area contributed by atoms with Gasteiger partial charge in [-0.25, -0.2) is 32.2 Å². The fourth-order valence-corrected chi connectivity index (χ4v) is 6.06. The van der Waals surface area contributed by atoms with E-state index in [9.17, 15) is 8.42 Å². The Labute approximate surface area is 223 Å². The van der Waals surface area contributed by atoms with Gasteiger partial charge in [-0.05, 0) is 12.1 Å². The molecule has 208 valence electrons. The first-order valence-electron chi connectivity index (χ1n) is 12.8. The predicted octanol–water partition coefficient (Wildman–Crippen LogP) is -0.320. The lowest BCUT2D eigenvalue weighted by molar-refractivity contribution is 0.0558. The molecule has 12 nitrogen and oxygen atoms in total. The fourth-order valence-electron chi connectivity index (χ4n) is 5.23. The number of aromatic amines is 1. The van der Waals surface area contributed by atoms with Crippen molar-refractivity contribution < 1.29 is 21.9 Å². The summed E-state index contributed by atoms with van der Waals surface area (Å²) in [5.74, 6) is 0.289. The van der Waals surface area contributed by atoms with Gasteiger partial charge in [-0.1, -0.05) is 12.1 Å². The summed E-state index contributed by atoms with van der Waals surface area (Å²) in [5.41, 5.74) is -1.32. The minimum Gasteiger partial charge on any atom is -0.378 e. The molecule has 3 aliphatic rings. The Morgan fingerprint density at radius 3 is 2.31 bits per heavy atom. The molecule has 0 spiro atoms. The Bertz CT molecular complexity index is 1570. The Kier molecular flexibility index (Phi) is 6.77. The van der Waals surface area contributed by atoms with Crippen LogP contribution in [0.1, 0.15) is 11.4 Å². The van der Waals surface area contributed by atoms with Crippen LogP contribution in [0.25, 0.3) is 11.0 Å². The molecule has 0 bridgehead atoms. The van der Waals surface area contributed by atoms with Gasteiger partial charge in [0.2, 0.25) is 16.0 Å². The van der Waals surface area contributed by atoms with Gasteiger partial charge in [0.05, 0.1) is 35.6 Å². The number of sulfonamides is 1. The van der Waals surface area contributed by atoms with Crippen LogP contribution in [0.2, 0.25) is 0 Å². The normalized spacial score (nSPS) is 20.3. The molecular formula is C24H29F2N9O3S. The standard InChI is InChI=1S/C24H29F2N9O3S/c1-39(36,37)35-10-8-33(9-11-35)7-6-18-19-20(24(22(25)26)29-16-4-2-3-5-17(16)30-24)27-23(28-21(19)32-31-18)34-12-14-38-15-13-34/h2-5,22H,6-15H2,1H3,(H,27,28,31,32). The van der Waals surface area contributed by atoms with E-state index in [1.54, 1.807) is 24.3 Å². The summed E-state index contributed by atoms with van der Waals surface area (Å²) in [6.07, 6.45) is -1.30. The number of hydrogen-bond acceptors (Lipinski definition) is 10. The monoisotopic (exact) mass is 561 g/mol. The molecule has 15 heteroatoms. The van der Waals surface area contributed by atoms with Gasteiger partial charge in [-0.2, -0.15) is 14.4 Å². The average Bonchev–Trinajstić information content (AvgIpc) is 3.54. The largest absolute Gasteiger partial charge is 0.378 e. The summed E-state index contributed by atoms with van der Waals surface area (Å²) < 4.78 is 60.6. The zero-order valence-electron chi connectivity index (χ0n) is 21.4. The van der Waals surface area contributed by atoms with Crippen LogP contribution in [0, 0.1) is 0 Å². The summed E-state index contributed by atoms with van der Waals surface area (Å²) in [6, 6.07) is 6.80. The molecule has 1 N–H and O–H groups in total. The lowest BCUT2D eigenvalue weighted by atomic mass is 10.0. The Hall–Kier alpha value is -3.14. The van der Waals surface area contributed by atoms with Gasteiger partial charge in [-0.3, -0.25) is 5.10 Å². The molecule has 0 saturated carbocycles. The van der Waals surface area contributed by atoms with E-state index in [1.807, 2.05) is 4.90 Å². The Morgan fingerprint density at radius 2 is 1.69 bits per heavy atom. The maximum absolute atomic E-state index is 15.0. The molecule has 0 radical (unpaired) electrons. The van der Waals surface area contributed by atoms with Crippen molar-refractivity contribution in [2.24, 2.45) is 9.98 Å². The second kappa shape index (κ2) is 10.1. The van der Waals surface area contributed by atoms with Crippen LogP contribution < -0.4 is 15.6 Å². The van der Waals surface area contributed by atoms with Crippen LogP contribution >= 0.6 is 0 Å². The molecule has 5 heterocycles. The lowest BCUT2D eigenvalue weighted by Crippen LogP contribution is -2.48. The van der Waals surface area contributed by atoms with Crippen LogP contribution in [-0.4, -0.2) is 109 Å². The number of nitrogens with one attached hydrogen (secondary N) is 1. The second-order valence-corrected chi connectivity index (χ2v) is 11.8. The first-order valence-corrected chi connectivity index (χ1v) is 14.7. The molecule has 3 aromatic rings. The molecule has 1 aromatic carbocycles. The number of benzene rings is 1. The molecule has 39 heavy (non-hydrogen) atoms. The Morgan fingerprint density at radius 1 is 1.03 bits per heavy atom. The van der Waals surface area contributed by atoms with E-state index in [2.05, 4.69) is 30.1 Å². The topological polar surface area (TPSA) is 132 Å². The van der Waals surface area contributed by atoms with Gasteiger partial charge in [0.15, 0.2) is 5.65 Å². The quantitative estimate of drug-likeness (QED) is 0.415. The number of piperazine rings is 1. The number of ether oxygens (including phenoxy) is 1. The first kappa shape index (κ1) is 26.1. The molecule has 0 amide bonds. The summed E-state index contributed by atoms with van der Waals surface area (Å²) >= 11 is 0. The van der Waals surface area contributed by atoms with Crippen molar-refractivity contribution in [3.05, 3.63) is 46.4 Å². The number of para-hydroxylation sites is 2.